The standard InChI is InChI=1S/C18H22N2O3S/c1-4-23-17(21)15-12(2)19-18-20(10-5-11-24-18)16(15)13-6-8-14(22-3)9-7-13/h6-9,16H,4-5,10-11H2,1-3H3/t16-/m0/s1. The van der Waals surface area contributed by atoms with E-state index in [1.54, 1.807) is 18.9 Å². The van der Waals surface area contributed by atoms with Gasteiger partial charge in [0.2, 0.25) is 0 Å². The zero-order chi connectivity index (χ0) is 17.1. The largest absolute Gasteiger partial charge is 0.497 e. The summed E-state index contributed by atoms with van der Waals surface area (Å²) in [4.78, 5) is 19.5. The van der Waals surface area contributed by atoms with Gasteiger partial charge in [0.05, 0.1) is 31.0 Å². The number of hydrogen-bond acceptors (Lipinski definition) is 6. The third-order valence-corrected chi connectivity index (χ3v) is 5.26. The van der Waals surface area contributed by atoms with Crippen LogP contribution in [0.4, 0.5) is 0 Å². The van der Waals surface area contributed by atoms with Crippen molar-refractivity contribution in [3.05, 3.63) is 41.1 Å². The van der Waals surface area contributed by atoms with E-state index in [2.05, 4.69) is 9.89 Å². The molecule has 1 aromatic carbocycles. The van der Waals surface area contributed by atoms with Crippen LogP contribution in [0, 0.1) is 0 Å². The molecule has 128 valence electrons. The van der Waals surface area contributed by atoms with Crippen LogP contribution in [0.5, 0.6) is 5.75 Å². The summed E-state index contributed by atoms with van der Waals surface area (Å²) in [5.74, 6) is 1.58. The van der Waals surface area contributed by atoms with Gasteiger partial charge < -0.3 is 14.4 Å². The Morgan fingerprint density at radius 1 is 1.38 bits per heavy atom. The Hall–Kier alpha value is -1.95. The van der Waals surface area contributed by atoms with E-state index in [0.29, 0.717) is 12.2 Å². The van der Waals surface area contributed by atoms with Crippen LogP contribution in [-0.2, 0) is 9.53 Å². The molecule has 1 fully saturated rings. The number of rotatable bonds is 4. The number of carbonyl (C=O) groups excluding carboxylic acids is 1. The van der Waals surface area contributed by atoms with Crippen LogP contribution < -0.4 is 4.74 Å². The molecule has 0 bridgehead atoms. The van der Waals surface area contributed by atoms with Crippen LogP contribution in [0.25, 0.3) is 0 Å². The first kappa shape index (κ1) is 16.9. The second-order valence-electron chi connectivity index (χ2n) is 5.69. The molecular weight excluding hydrogens is 324 g/mol. The molecule has 1 aromatic rings. The van der Waals surface area contributed by atoms with Crippen molar-refractivity contribution in [2.75, 3.05) is 26.0 Å². The average molecular weight is 346 g/mol. The first-order chi connectivity index (χ1) is 11.7. The molecule has 2 heterocycles. The first-order valence-corrected chi connectivity index (χ1v) is 9.14. The van der Waals surface area contributed by atoms with Crippen molar-refractivity contribution in [1.82, 2.24) is 4.90 Å². The fourth-order valence-corrected chi connectivity index (χ4v) is 4.09. The molecule has 2 aliphatic rings. The molecule has 5 nitrogen and oxygen atoms in total. The van der Waals surface area contributed by atoms with Crippen LogP contribution in [-0.4, -0.2) is 42.1 Å². The van der Waals surface area contributed by atoms with Crippen molar-refractivity contribution < 1.29 is 14.3 Å². The molecule has 0 radical (unpaired) electrons. The van der Waals surface area contributed by atoms with Gasteiger partial charge in [-0.1, -0.05) is 23.9 Å². The summed E-state index contributed by atoms with van der Waals surface area (Å²) in [5, 5.41) is 0.993. The molecule has 2 aliphatic heterocycles. The smallest absolute Gasteiger partial charge is 0.338 e. The van der Waals surface area contributed by atoms with Gasteiger partial charge in [-0.25, -0.2) is 9.79 Å². The normalized spacial score (nSPS) is 20.4. The van der Waals surface area contributed by atoms with Crippen molar-refractivity contribution in [3.63, 3.8) is 0 Å². The number of nitrogens with zero attached hydrogens (tertiary/aromatic N) is 2. The Morgan fingerprint density at radius 3 is 2.79 bits per heavy atom. The minimum Gasteiger partial charge on any atom is -0.497 e. The second kappa shape index (κ2) is 7.30. The molecule has 0 saturated carbocycles. The molecule has 0 N–H and O–H groups in total. The van der Waals surface area contributed by atoms with Gasteiger partial charge in [-0.3, -0.25) is 0 Å². The average Bonchev–Trinajstić information content (AvgIpc) is 2.60. The molecule has 0 aromatic heterocycles. The molecule has 0 amide bonds. The third-order valence-electron chi connectivity index (χ3n) is 4.19. The number of benzene rings is 1. The van der Waals surface area contributed by atoms with Crippen LogP contribution in [0.3, 0.4) is 0 Å². The zero-order valence-electron chi connectivity index (χ0n) is 14.2. The maximum Gasteiger partial charge on any atom is 0.338 e. The number of methoxy groups -OCH3 is 1. The molecule has 24 heavy (non-hydrogen) atoms. The lowest BCUT2D eigenvalue weighted by molar-refractivity contribution is -0.139. The summed E-state index contributed by atoms with van der Waals surface area (Å²) in [6.07, 6.45) is 1.07. The summed E-state index contributed by atoms with van der Waals surface area (Å²) in [6.45, 7) is 4.96. The van der Waals surface area contributed by atoms with Gasteiger partial charge in [0.25, 0.3) is 0 Å². The molecule has 0 aliphatic carbocycles. The van der Waals surface area contributed by atoms with Gasteiger partial charge in [0.1, 0.15) is 5.75 Å². The number of ether oxygens (including phenoxy) is 2. The number of carbonyl (C=O) groups is 1. The van der Waals surface area contributed by atoms with Crippen molar-refractivity contribution in [1.29, 1.82) is 0 Å². The Kier molecular flexibility index (Phi) is 5.14. The van der Waals surface area contributed by atoms with Crippen LogP contribution >= 0.6 is 11.8 Å². The van der Waals surface area contributed by atoms with Crippen LogP contribution in [0.1, 0.15) is 31.9 Å². The van der Waals surface area contributed by atoms with Gasteiger partial charge >= 0.3 is 5.97 Å². The number of hydrogen-bond donors (Lipinski definition) is 0. The summed E-state index contributed by atoms with van der Waals surface area (Å²) in [5.41, 5.74) is 2.43. The highest BCUT2D eigenvalue weighted by molar-refractivity contribution is 8.13. The molecular formula is C18H22N2O3S. The Balaban J connectivity index is 2.06. The molecule has 1 saturated heterocycles. The second-order valence-corrected chi connectivity index (χ2v) is 6.75. The Labute approximate surface area is 146 Å². The zero-order valence-corrected chi connectivity index (χ0v) is 15.1. The molecule has 3 rings (SSSR count). The van der Waals surface area contributed by atoms with E-state index in [1.165, 1.54) is 0 Å². The van der Waals surface area contributed by atoms with E-state index < -0.39 is 0 Å². The first-order valence-electron chi connectivity index (χ1n) is 8.15. The minimum absolute atomic E-state index is 0.157. The quantitative estimate of drug-likeness (QED) is 0.782. The van der Waals surface area contributed by atoms with Crippen molar-refractivity contribution >= 4 is 22.9 Å². The van der Waals surface area contributed by atoms with Gasteiger partial charge in [-0.2, -0.15) is 0 Å². The number of amidine groups is 1. The van der Waals surface area contributed by atoms with Crippen LogP contribution in [0.15, 0.2) is 40.5 Å². The van der Waals surface area contributed by atoms with Crippen molar-refractivity contribution in [3.8, 4) is 5.75 Å². The van der Waals surface area contributed by atoms with Gasteiger partial charge in [0, 0.05) is 12.3 Å². The van der Waals surface area contributed by atoms with E-state index in [0.717, 1.165) is 40.9 Å². The number of thioether (sulfide) groups is 1. The SMILES string of the molecule is CCOC(=O)C1=C(C)N=C2SCCCN2[C@H]1c1ccc(OC)cc1. The summed E-state index contributed by atoms with van der Waals surface area (Å²) in [6, 6.07) is 7.72. The monoisotopic (exact) mass is 346 g/mol. The number of allylic oxidation sites excluding steroid dienone is 1. The van der Waals surface area contributed by atoms with E-state index in [4.69, 9.17) is 9.47 Å². The van der Waals surface area contributed by atoms with E-state index in [1.807, 2.05) is 38.1 Å². The van der Waals surface area contributed by atoms with Gasteiger partial charge in [-0.15, -0.1) is 0 Å². The predicted molar refractivity (Wildman–Crippen MR) is 96.3 cm³/mol. The Morgan fingerprint density at radius 2 is 2.12 bits per heavy atom. The highest BCUT2D eigenvalue weighted by Crippen LogP contribution is 2.40. The minimum atomic E-state index is -0.283. The van der Waals surface area contributed by atoms with Crippen LogP contribution in [0.2, 0.25) is 0 Å². The summed E-state index contributed by atoms with van der Waals surface area (Å²) < 4.78 is 10.6. The van der Waals surface area contributed by atoms with E-state index >= 15 is 0 Å². The topological polar surface area (TPSA) is 51.1 Å². The maximum absolute atomic E-state index is 12.6. The fraction of sp³-hybridized carbons (Fsp3) is 0.444. The van der Waals surface area contributed by atoms with Crippen molar-refractivity contribution in [2.24, 2.45) is 4.99 Å². The van der Waals surface area contributed by atoms with E-state index in [9.17, 15) is 4.79 Å². The molecule has 0 spiro atoms. The highest BCUT2D eigenvalue weighted by atomic mass is 32.2. The lowest BCUT2D eigenvalue weighted by Crippen LogP contribution is -2.42. The Bertz CT molecular complexity index is 682. The number of esters is 1. The van der Waals surface area contributed by atoms with Crippen molar-refractivity contribution in [2.45, 2.75) is 26.3 Å². The van der Waals surface area contributed by atoms with Gasteiger partial charge in [0.15, 0.2) is 5.17 Å². The molecule has 6 heteroatoms. The molecule has 1 atom stereocenters. The maximum atomic E-state index is 12.6. The van der Waals surface area contributed by atoms with E-state index in [-0.39, 0.29) is 12.0 Å². The molecule has 0 unspecified atom stereocenters. The lowest BCUT2D eigenvalue weighted by Gasteiger charge is -2.40. The number of aliphatic imine (C=N–C) groups is 1. The third kappa shape index (κ3) is 3.15. The summed E-state index contributed by atoms with van der Waals surface area (Å²) >= 11 is 1.75. The fourth-order valence-electron chi connectivity index (χ4n) is 3.07. The van der Waals surface area contributed by atoms with Gasteiger partial charge in [-0.05, 0) is 38.0 Å². The lowest BCUT2D eigenvalue weighted by atomic mass is 9.94. The number of fused-ring (bicyclic) bond motifs is 1. The predicted octanol–water partition coefficient (Wildman–Crippen LogP) is 3.38. The highest BCUT2D eigenvalue weighted by Gasteiger charge is 2.37. The summed E-state index contributed by atoms with van der Waals surface area (Å²) in [7, 11) is 1.65.